The highest BCUT2D eigenvalue weighted by atomic mass is 35.5. The van der Waals surface area contributed by atoms with E-state index < -0.39 is 11.7 Å². The molecule has 0 aliphatic carbocycles. The molecule has 4 rings (SSSR count). The molecule has 0 unspecified atom stereocenters. The first-order valence-corrected chi connectivity index (χ1v) is 11.2. The number of nitrogens with zero attached hydrogens (tertiary/aromatic N) is 1. The summed E-state index contributed by atoms with van der Waals surface area (Å²) in [6, 6.07) is 7.41. The van der Waals surface area contributed by atoms with Gasteiger partial charge in [0.2, 0.25) is 0 Å². The van der Waals surface area contributed by atoms with Gasteiger partial charge in [-0.1, -0.05) is 55.2 Å². The van der Waals surface area contributed by atoms with Crippen molar-refractivity contribution in [1.82, 2.24) is 10.2 Å². The maximum atomic E-state index is 13.3. The molecular formula is C25H21Cl2F3N2O. The molecule has 4 aromatic rings. The van der Waals surface area contributed by atoms with Crippen molar-refractivity contribution in [2.45, 2.75) is 39.3 Å². The van der Waals surface area contributed by atoms with Crippen LogP contribution >= 0.6 is 23.2 Å². The molecule has 172 valence electrons. The molecule has 3 nitrogen and oxygen atoms in total. The van der Waals surface area contributed by atoms with Gasteiger partial charge in [-0.3, -0.25) is 5.10 Å². The van der Waals surface area contributed by atoms with Crippen LogP contribution in [0.2, 0.25) is 10.0 Å². The molecule has 2 N–H and O–H groups in total. The topological polar surface area (TPSA) is 48.9 Å². The Morgan fingerprint density at radius 3 is 2.24 bits per heavy atom. The summed E-state index contributed by atoms with van der Waals surface area (Å²) in [4.78, 5) is 0. The zero-order valence-electron chi connectivity index (χ0n) is 17.9. The Balaban J connectivity index is 2.11. The van der Waals surface area contributed by atoms with Crippen LogP contribution in [0.5, 0.6) is 5.75 Å². The highest BCUT2D eigenvalue weighted by molar-refractivity contribution is 6.40. The van der Waals surface area contributed by atoms with Crippen LogP contribution in [0.15, 0.2) is 42.7 Å². The molecule has 0 atom stereocenters. The molecule has 1 aromatic heterocycles. The van der Waals surface area contributed by atoms with E-state index in [-0.39, 0.29) is 21.4 Å². The van der Waals surface area contributed by atoms with Crippen molar-refractivity contribution in [1.29, 1.82) is 0 Å². The van der Waals surface area contributed by atoms with E-state index in [1.807, 2.05) is 32.0 Å². The van der Waals surface area contributed by atoms with Crippen LogP contribution in [0.3, 0.4) is 0 Å². The lowest BCUT2D eigenvalue weighted by atomic mass is 9.84. The number of phenols is 1. The lowest BCUT2D eigenvalue weighted by Gasteiger charge is -2.22. The fraction of sp³-hybridized carbons (Fsp3) is 0.240. The first kappa shape index (κ1) is 23.5. The van der Waals surface area contributed by atoms with Gasteiger partial charge in [0.1, 0.15) is 5.75 Å². The van der Waals surface area contributed by atoms with Gasteiger partial charge in [-0.05, 0) is 58.0 Å². The van der Waals surface area contributed by atoms with Crippen LogP contribution in [-0.2, 0) is 25.4 Å². The Bertz CT molecular complexity index is 1310. The van der Waals surface area contributed by atoms with E-state index in [2.05, 4.69) is 10.2 Å². The SMILES string of the molecule is CCc1c(O)c(-c2c(Cl)cc(C(F)(F)F)cc2Cl)c2cccc(CC)c2c1Cc1cn[nH]c1. The molecule has 0 bridgehead atoms. The van der Waals surface area contributed by atoms with Gasteiger partial charge in [-0.2, -0.15) is 18.3 Å². The second-order valence-electron chi connectivity index (χ2n) is 7.82. The van der Waals surface area contributed by atoms with Gasteiger partial charge >= 0.3 is 6.18 Å². The maximum absolute atomic E-state index is 13.3. The van der Waals surface area contributed by atoms with Crippen molar-refractivity contribution in [2.24, 2.45) is 0 Å². The number of alkyl halides is 3. The molecule has 0 radical (unpaired) electrons. The quantitative estimate of drug-likeness (QED) is 0.296. The van der Waals surface area contributed by atoms with Crippen molar-refractivity contribution < 1.29 is 18.3 Å². The largest absolute Gasteiger partial charge is 0.507 e. The van der Waals surface area contributed by atoms with Crippen molar-refractivity contribution in [3.63, 3.8) is 0 Å². The molecule has 0 saturated heterocycles. The monoisotopic (exact) mass is 492 g/mol. The highest BCUT2D eigenvalue weighted by Gasteiger charge is 2.33. The number of aromatic nitrogens is 2. The van der Waals surface area contributed by atoms with E-state index in [1.165, 1.54) is 0 Å². The Hall–Kier alpha value is -2.70. The Labute approximate surface area is 199 Å². The zero-order valence-corrected chi connectivity index (χ0v) is 19.5. The number of nitrogens with one attached hydrogen (secondary N) is 1. The minimum absolute atomic E-state index is 0.0275. The molecule has 0 fully saturated rings. The number of fused-ring (bicyclic) bond motifs is 1. The van der Waals surface area contributed by atoms with E-state index in [0.717, 1.165) is 40.6 Å². The first-order valence-electron chi connectivity index (χ1n) is 10.5. The summed E-state index contributed by atoms with van der Waals surface area (Å²) in [7, 11) is 0. The van der Waals surface area contributed by atoms with Crippen molar-refractivity contribution in [2.75, 3.05) is 0 Å². The van der Waals surface area contributed by atoms with E-state index in [4.69, 9.17) is 23.2 Å². The number of aromatic hydroxyl groups is 1. The van der Waals surface area contributed by atoms with Gasteiger partial charge in [-0.25, -0.2) is 0 Å². The number of halogens is 5. The van der Waals surface area contributed by atoms with Gasteiger partial charge in [0.15, 0.2) is 0 Å². The van der Waals surface area contributed by atoms with Crippen LogP contribution in [0.4, 0.5) is 13.2 Å². The third kappa shape index (κ3) is 4.18. The van der Waals surface area contributed by atoms with E-state index in [1.54, 1.807) is 12.4 Å². The number of aryl methyl sites for hydroxylation is 1. The van der Waals surface area contributed by atoms with Gasteiger partial charge < -0.3 is 5.11 Å². The second-order valence-corrected chi connectivity index (χ2v) is 8.64. The van der Waals surface area contributed by atoms with E-state index in [9.17, 15) is 18.3 Å². The minimum atomic E-state index is -4.59. The molecule has 3 aromatic carbocycles. The summed E-state index contributed by atoms with van der Waals surface area (Å²) in [5.74, 6) is -0.0275. The summed E-state index contributed by atoms with van der Waals surface area (Å²) < 4.78 is 39.9. The zero-order chi connectivity index (χ0) is 23.9. The number of H-pyrrole nitrogens is 1. The average molecular weight is 493 g/mol. The van der Waals surface area contributed by atoms with E-state index in [0.29, 0.717) is 29.4 Å². The number of aromatic amines is 1. The fourth-order valence-corrected chi connectivity index (χ4v) is 5.09. The summed E-state index contributed by atoms with van der Waals surface area (Å²) >= 11 is 12.7. The van der Waals surface area contributed by atoms with Crippen LogP contribution in [-0.4, -0.2) is 15.3 Å². The molecule has 0 saturated carbocycles. The number of benzene rings is 3. The third-order valence-corrected chi connectivity index (χ3v) is 6.49. The Kier molecular flexibility index (Phi) is 6.34. The third-order valence-electron chi connectivity index (χ3n) is 5.90. The fourth-order valence-electron chi connectivity index (χ4n) is 4.41. The van der Waals surface area contributed by atoms with Gasteiger partial charge in [-0.15, -0.1) is 0 Å². The molecule has 0 amide bonds. The molecule has 0 aliphatic rings. The van der Waals surface area contributed by atoms with Gasteiger partial charge in [0.05, 0.1) is 21.8 Å². The predicted octanol–water partition coefficient (Wildman–Crippen LogP) is 7.98. The maximum Gasteiger partial charge on any atom is 0.416 e. The summed E-state index contributed by atoms with van der Waals surface area (Å²) in [5.41, 5.74) is 3.25. The smallest absolute Gasteiger partial charge is 0.416 e. The van der Waals surface area contributed by atoms with Crippen LogP contribution < -0.4 is 0 Å². The van der Waals surface area contributed by atoms with Gasteiger partial charge in [0.25, 0.3) is 0 Å². The molecule has 0 aliphatic heterocycles. The lowest BCUT2D eigenvalue weighted by Crippen LogP contribution is -2.06. The van der Waals surface area contributed by atoms with Crippen molar-refractivity contribution in [3.8, 4) is 16.9 Å². The molecule has 0 spiro atoms. The molecular weight excluding hydrogens is 472 g/mol. The Morgan fingerprint density at radius 1 is 1.00 bits per heavy atom. The first-order chi connectivity index (χ1) is 15.7. The van der Waals surface area contributed by atoms with Crippen LogP contribution in [0.1, 0.15) is 41.7 Å². The van der Waals surface area contributed by atoms with Crippen LogP contribution in [0, 0.1) is 0 Å². The lowest BCUT2D eigenvalue weighted by molar-refractivity contribution is -0.137. The van der Waals surface area contributed by atoms with Crippen LogP contribution in [0.25, 0.3) is 21.9 Å². The standard InChI is InChI=1S/C25H21Cl2F3N2O/c1-3-14-6-5-7-17-21(14)18(8-13-11-31-32-12-13)16(4-2)24(33)22(17)23-19(26)9-15(10-20(23)27)25(28,29)30/h5-7,9-12,33H,3-4,8H2,1-2H3,(H,31,32). The summed E-state index contributed by atoms with van der Waals surface area (Å²) in [5, 5.41) is 19.6. The normalized spacial score (nSPS) is 12.0. The number of hydrogen-bond acceptors (Lipinski definition) is 2. The van der Waals surface area contributed by atoms with Crippen molar-refractivity contribution in [3.05, 3.63) is 80.6 Å². The molecule has 33 heavy (non-hydrogen) atoms. The highest BCUT2D eigenvalue weighted by Crippen LogP contribution is 2.49. The minimum Gasteiger partial charge on any atom is -0.507 e. The summed E-state index contributed by atoms with van der Waals surface area (Å²) in [6.45, 7) is 3.96. The molecule has 1 heterocycles. The Morgan fingerprint density at radius 2 is 1.70 bits per heavy atom. The van der Waals surface area contributed by atoms with Crippen molar-refractivity contribution >= 4 is 34.0 Å². The number of phenolic OH excluding ortho intramolecular Hbond substituents is 1. The van der Waals surface area contributed by atoms with Gasteiger partial charge in [0, 0.05) is 23.7 Å². The molecule has 8 heteroatoms. The second kappa shape index (κ2) is 8.92. The number of rotatable bonds is 5. The average Bonchev–Trinajstić information content (AvgIpc) is 3.27. The number of hydrogen-bond donors (Lipinski definition) is 2. The summed E-state index contributed by atoms with van der Waals surface area (Å²) in [6.07, 6.45) is 0.722. The van der Waals surface area contributed by atoms with E-state index >= 15 is 0 Å². The predicted molar refractivity (Wildman–Crippen MR) is 126 cm³/mol.